The molecular weight excluding hydrogens is 369 g/mol. The predicted octanol–water partition coefficient (Wildman–Crippen LogP) is 3.21. The molecule has 2 aromatic carbocycles. The summed E-state index contributed by atoms with van der Waals surface area (Å²) in [6.45, 7) is 0. The number of carbonyl (C=O) groups is 1. The Balaban J connectivity index is 1.76. The Morgan fingerprint density at radius 1 is 1.08 bits per heavy atom. The molecule has 3 rings (SSSR count). The number of halogens is 2. The molecular formula is C17H15Cl2NO3S. The molecule has 0 spiro atoms. The van der Waals surface area contributed by atoms with Crippen molar-refractivity contribution in [1.29, 1.82) is 0 Å². The van der Waals surface area contributed by atoms with E-state index in [4.69, 9.17) is 23.2 Å². The van der Waals surface area contributed by atoms with Gasteiger partial charge in [0.05, 0.1) is 10.8 Å². The van der Waals surface area contributed by atoms with Crippen molar-refractivity contribution in [2.45, 2.75) is 23.8 Å². The summed E-state index contributed by atoms with van der Waals surface area (Å²) in [6, 6.07) is 11.2. The molecule has 4 nitrogen and oxygen atoms in total. The molecule has 0 saturated heterocycles. The summed E-state index contributed by atoms with van der Waals surface area (Å²) in [5.74, 6) is -0.199. The van der Waals surface area contributed by atoms with Gasteiger partial charge in [0.15, 0.2) is 5.78 Å². The van der Waals surface area contributed by atoms with E-state index in [9.17, 15) is 13.2 Å². The molecule has 2 aromatic rings. The number of benzene rings is 2. The van der Waals surface area contributed by atoms with Crippen molar-refractivity contribution >= 4 is 39.0 Å². The van der Waals surface area contributed by atoms with E-state index in [1.54, 1.807) is 24.3 Å². The van der Waals surface area contributed by atoms with Crippen LogP contribution in [0, 0.1) is 0 Å². The Bertz CT molecular complexity index is 879. The maximum Gasteiger partial charge on any atom is 0.240 e. The molecule has 0 fully saturated rings. The first kappa shape index (κ1) is 17.4. The van der Waals surface area contributed by atoms with Gasteiger partial charge >= 0.3 is 0 Å². The third kappa shape index (κ3) is 3.64. The van der Waals surface area contributed by atoms with E-state index < -0.39 is 10.0 Å². The quantitative estimate of drug-likeness (QED) is 0.636. The summed E-state index contributed by atoms with van der Waals surface area (Å²) in [6.07, 6.45) is 1.14. The minimum atomic E-state index is -3.61. The number of carbonyl (C=O) groups excluding carboxylic acids is 1. The van der Waals surface area contributed by atoms with Crippen LogP contribution in [0.4, 0.5) is 0 Å². The lowest BCUT2D eigenvalue weighted by Crippen LogP contribution is -2.35. The summed E-state index contributed by atoms with van der Waals surface area (Å²) in [5.41, 5.74) is 2.59. The molecule has 0 aliphatic heterocycles. The minimum Gasteiger partial charge on any atom is -0.293 e. The predicted molar refractivity (Wildman–Crippen MR) is 94.5 cm³/mol. The number of rotatable bonds is 5. The second-order valence-corrected chi connectivity index (χ2v) is 8.14. The number of alkyl halides is 1. The van der Waals surface area contributed by atoms with Gasteiger partial charge in [-0.1, -0.05) is 23.7 Å². The fourth-order valence-electron chi connectivity index (χ4n) is 2.85. The standard InChI is InChI=1S/C17H15Cl2NO3S/c18-10-17(21)12-2-1-11-8-15(9-13(11)7-12)20-24(22,23)16-5-3-14(19)4-6-16/h1-7,15,20H,8-10H2. The third-order valence-corrected chi connectivity index (χ3v) is 6.06. The Hall–Kier alpha value is -1.40. The van der Waals surface area contributed by atoms with Gasteiger partial charge in [-0.25, -0.2) is 13.1 Å². The first-order valence-corrected chi connectivity index (χ1v) is 9.77. The lowest BCUT2D eigenvalue weighted by molar-refractivity contribution is 0.102. The zero-order chi connectivity index (χ0) is 17.3. The average molecular weight is 384 g/mol. The molecule has 0 saturated carbocycles. The smallest absolute Gasteiger partial charge is 0.240 e. The molecule has 1 unspecified atom stereocenters. The van der Waals surface area contributed by atoms with Crippen LogP contribution in [0.3, 0.4) is 0 Å². The summed E-state index contributed by atoms with van der Waals surface area (Å²) < 4.78 is 27.6. The number of hydrogen-bond donors (Lipinski definition) is 1. The monoisotopic (exact) mass is 383 g/mol. The molecule has 1 aliphatic carbocycles. The van der Waals surface area contributed by atoms with Gasteiger partial charge in [0.25, 0.3) is 0 Å². The van der Waals surface area contributed by atoms with Gasteiger partial charge in [-0.3, -0.25) is 4.79 Å². The molecule has 7 heteroatoms. The Kier molecular flexibility index (Phi) is 4.97. The number of ketones is 1. The molecule has 0 bridgehead atoms. The summed E-state index contributed by atoms with van der Waals surface area (Å²) in [4.78, 5) is 11.9. The molecule has 1 atom stereocenters. The van der Waals surface area contributed by atoms with Gasteiger partial charge < -0.3 is 0 Å². The molecule has 0 radical (unpaired) electrons. The largest absolute Gasteiger partial charge is 0.293 e. The van der Waals surface area contributed by atoms with Crippen LogP contribution >= 0.6 is 23.2 Å². The molecule has 0 amide bonds. The van der Waals surface area contributed by atoms with E-state index in [-0.39, 0.29) is 22.6 Å². The lowest BCUT2D eigenvalue weighted by atomic mass is 10.0. The summed E-state index contributed by atoms with van der Waals surface area (Å²) in [5, 5.41) is 0.485. The van der Waals surface area contributed by atoms with Gasteiger partial charge in [-0.15, -0.1) is 11.6 Å². The fourth-order valence-corrected chi connectivity index (χ4v) is 4.37. The fraction of sp³-hybridized carbons (Fsp3) is 0.235. The van der Waals surface area contributed by atoms with Crippen LogP contribution in [0.1, 0.15) is 21.5 Å². The number of sulfonamides is 1. The second kappa shape index (κ2) is 6.84. The van der Waals surface area contributed by atoms with E-state index in [2.05, 4.69) is 4.72 Å². The van der Waals surface area contributed by atoms with Crippen molar-refractivity contribution < 1.29 is 13.2 Å². The SMILES string of the molecule is O=C(CCl)c1ccc2c(c1)CC(NS(=O)(=O)c1ccc(Cl)cc1)C2. The van der Waals surface area contributed by atoms with Crippen molar-refractivity contribution in [3.05, 3.63) is 64.2 Å². The van der Waals surface area contributed by atoms with Crippen LogP contribution in [0.25, 0.3) is 0 Å². The van der Waals surface area contributed by atoms with Gasteiger partial charge in [0.2, 0.25) is 10.0 Å². The number of fused-ring (bicyclic) bond motifs is 1. The third-order valence-electron chi connectivity index (χ3n) is 4.03. The normalized spacial score (nSPS) is 16.8. The summed E-state index contributed by atoms with van der Waals surface area (Å²) >= 11 is 11.4. The van der Waals surface area contributed by atoms with E-state index in [1.165, 1.54) is 12.1 Å². The molecule has 24 heavy (non-hydrogen) atoms. The van der Waals surface area contributed by atoms with E-state index in [0.717, 1.165) is 11.1 Å². The number of Topliss-reactive ketones (excluding diaryl/α,β-unsaturated/α-hetero) is 1. The minimum absolute atomic E-state index is 0.0641. The van der Waals surface area contributed by atoms with Crippen LogP contribution in [-0.4, -0.2) is 26.1 Å². The summed E-state index contributed by atoms with van der Waals surface area (Å²) in [7, 11) is -3.61. The van der Waals surface area contributed by atoms with Gasteiger partial charge in [0.1, 0.15) is 0 Å². The van der Waals surface area contributed by atoms with Crippen molar-refractivity contribution in [3.8, 4) is 0 Å². The van der Waals surface area contributed by atoms with Crippen LogP contribution in [0.15, 0.2) is 47.4 Å². The maximum absolute atomic E-state index is 12.4. The second-order valence-electron chi connectivity index (χ2n) is 5.72. The van der Waals surface area contributed by atoms with E-state index in [0.29, 0.717) is 23.4 Å². The number of nitrogens with one attached hydrogen (secondary N) is 1. The highest BCUT2D eigenvalue weighted by Gasteiger charge is 2.27. The van der Waals surface area contributed by atoms with Crippen molar-refractivity contribution in [3.63, 3.8) is 0 Å². The average Bonchev–Trinajstić information content (AvgIpc) is 2.94. The highest BCUT2D eigenvalue weighted by atomic mass is 35.5. The Morgan fingerprint density at radius 2 is 1.75 bits per heavy atom. The lowest BCUT2D eigenvalue weighted by Gasteiger charge is -2.12. The van der Waals surface area contributed by atoms with Crippen LogP contribution in [-0.2, 0) is 22.9 Å². The highest BCUT2D eigenvalue weighted by molar-refractivity contribution is 7.89. The first-order chi connectivity index (χ1) is 11.4. The Labute approximate surface area is 150 Å². The van der Waals surface area contributed by atoms with Gasteiger partial charge in [-0.05, 0) is 54.3 Å². The number of hydrogen-bond acceptors (Lipinski definition) is 3. The molecule has 1 aliphatic rings. The van der Waals surface area contributed by atoms with Crippen molar-refractivity contribution in [2.75, 3.05) is 5.88 Å². The Morgan fingerprint density at radius 3 is 2.42 bits per heavy atom. The van der Waals surface area contributed by atoms with Crippen LogP contribution < -0.4 is 4.72 Å². The molecule has 0 aromatic heterocycles. The van der Waals surface area contributed by atoms with E-state index in [1.807, 2.05) is 6.07 Å². The molecule has 0 heterocycles. The van der Waals surface area contributed by atoms with Gasteiger partial charge in [0, 0.05) is 16.6 Å². The van der Waals surface area contributed by atoms with Gasteiger partial charge in [-0.2, -0.15) is 0 Å². The van der Waals surface area contributed by atoms with E-state index >= 15 is 0 Å². The van der Waals surface area contributed by atoms with Crippen LogP contribution in [0.2, 0.25) is 5.02 Å². The maximum atomic E-state index is 12.4. The highest BCUT2D eigenvalue weighted by Crippen LogP contribution is 2.25. The molecule has 1 N–H and O–H groups in total. The van der Waals surface area contributed by atoms with Crippen LogP contribution in [0.5, 0.6) is 0 Å². The van der Waals surface area contributed by atoms with Crippen molar-refractivity contribution in [2.24, 2.45) is 0 Å². The zero-order valence-electron chi connectivity index (χ0n) is 12.6. The van der Waals surface area contributed by atoms with Crippen molar-refractivity contribution in [1.82, 2.24) is 4.72 Å². The zero-order valence-corrected chi connectivity index (χ0v) is 15.0. The topological polar surface area (TPSA) is 63.2 Å². The first-order valence-electron chi connectivity index (χ1n) is 7.38. The molecule has 126 valence electrons.